The fourth-order valence-electron chi connectivity index (χ4n) is 12.9. The van der Waals surface area contributed by atoms with E-state index < -0.39 is 156 Å². The first-order valence-corrected chi connectivity index (χ1v) is 40.5. The Balaban J connectivity index is 1.73. The minimum atomic E-state index is -5.70. The van der Waals surface area contributed by atoms with Gasteiger partial charge in [-0.05, 0) is 76.5 Å². The van der Waals surface area contributed by atoms with Gasteiger partial charge in [0.25, 0.3) is 0 Å². The van der Waals surface area contributed by atoms with Gasteiger partial charge in [0, 0.05) is 19.3 Å². The van der Waals surface area contributed by atoms with E-state index in [0.717, 1.165) is 109 Å². The van der Waals surface area contributed by atoms with Gasteiger partial charge >= 0.3 is 25.7 Å². The summed E-state index contributed by atoms with van der Waals surface area (Å²) in [5.41, 5.74) is 0. The van der Waals surface area contributed by atoms with Crippen LogP contribution < -0.4 is 0 Å². The van der Waals surface area contributed by atoms with Crippen LogP contribution in [-0.2, 0) is 61.2 Å². The van der Waals surface area contributed by atoms with Crippen LogP contribution >= 0.6 is 7.82 Å². The molecule has 2 aliphatic heterocycles. The maximum absolute atomic E-state index is 14.3. The third-order valence-corrected chi connectivity index (χ3v) is 20.3. The molecule has 2 heterocycles. The van der Waals surface area contributed by atoms with E-state index in [2.05, 4.69) is 52.0 Å². The summed E-state index contributed by atoms with van der Waals surface area (Å²) in [5, 5.41) is 110. The van der Waals surface area contributed by atoms with Crippen LogP contribution in [0.1, 0.15) is 297 Å². The summed E-state index contributed by atoms with van der Waals surface area (Å²) < 4.78 is 65.1. The Morgan fingerprint density at radius 1 is 0.410 bits per heavy atom. The summed E-state index contributed by atoms with van der Waals surface area (Å²) in [5.74, 6) is -1.32. The molecule has 586 valence electrons. The second kappa shape index (κ2) is 55.8. The Morgan fingerprint density at radius 3 is 1.20 bits per heavy atom. The van der Waals surface area contributed by atoms with E-state index in [4.69, 9.17) is 42.2 Å². The highest BCUT2D eigenvalue weighted by molar-refractivity contribution is 7.47. The molecule has 0 aromatic carbocycles. The monoisotopic (exact) mass is 1450 g/mol. The Morgan fingerprint density at radius 2 is 0.760 bits per heavy atom. The molecule has 100 heavy (non-hydrogen) atoms. The molecular weight excluding hydrogens is 1320 g/mol. The van der Waals surface area contributed by atoms with Gasteiger partial charge in [-0.25, -0.2) is 4.57 Å². The van der Waals surface area contributed by atoms with E-state index in [1.54, 1.807) is 0 Å². The third-order valence-electron chi connectivity index (χ3n) is 19.3. The van der Waals surface area contributed by atoms with Crippen LogP contribution in [-0.4, -0.2) is 204 Å². The van der Waals surface area contributed by atoms with Crippen LogP contribution in [0.25, 0.3) is 0 Å². The molecule has 3 aliphatic rings. The van der Waals surface area contributed by atoms with Crippen molar-refractivity contribution in [2.45, 2.75) is 402 Å². The van der Waals surface area contributed by atoms with E-state index in [9.17, 15) is 74.9 Å². The lowest BCUT2D eigenvalue weighted by Crippen LogP contribution is -2.69. The van der Waals surface area contributed by atoms with Crippen molar-refractivity contribution in [1.82, 2.24) is 0 Å². The van der Waals surface area contributed by atoms with Gasteiger partial charge in [0.15, 0.2) is 18.7 Å². The predicted molar refractivity (Wildman–Crippen MR) is 379 cm³/mol. The molecular formula is C75H137O24P. The van der Waals surface area contributed by atoms with Gasteiger partial charge < -0.3 is 89.1 Å². The number of phosphoric ester groups is 1. The number of carbonyl (C=O) groups is 3. The van der Waals surface area contributed by atoms with Gasteiger partial charge in [-0.2, -0.15) is 0 Å². The molecule has 1 aliphatic carbocycles. The Hall–Kier alpha value is -2.56. The average Bonchev–Trinajstić information content (AvgIpc) is 0.763. The highest BCUT2D eigenvalue weighted by Crippen LogP contribution is 2.49. The molecule has 0 spiro atoms. The zero-order chi connectivity index (χ0) is 73.3. The number of rotatable bonds is 60. The molecule has 19 unspecified atom stereocenters. The first kappa shape index (κ1) is 91.6. The summed E-state index contributed by atoms with van der Waals surface area (Å²) in [6, 6.07) is 0. The number of aliphatic hydroxyl groups excluding tert-OH is 10. The maximum Gasteiger partial charge on any atom is 0.472 e. The quantitative estimate of drug-likeness (QED) is 0.00886. The molecule has 3 fully saturated rings. The Labute approximate surface area is 598 Å². The largest absolute Gasteiger partial charge is 0.472 e. The highest BCUT2D eigenvalue weighted by Gasteiger charge is 2.58. The third kappa shape index (κ3) is 38.6. The number of aliphatic hydroxyl groups is 10. The molecule has 1 saturated carbocycles. The normalized spacial score (nSPS) is 27.8. The topological polar surface area (TPSA) is 374 Å². The van der Waals surface area contributed by atoms with Gasteiger partial charge in [0.2, 0.25) is 0 Å². The molecule has 24 nitrogen and oxygen atoms in total. The van der Waals surface area contributed by atoms with Crippen LogP contribution in [0.3, 0.4) is 0 Å². The first-order chi connectivity index (χ1) is 48.2. The number of ether oxygens (including phenoxy) is 7. The maximum atomic E-state index is 14.3. The van der Waals surface area contributed by atoms with Gasteiger partial charge in [0.05, 0.1) is 13.2 Å². The van der Waals surface area contributed by atoms with Crippen molar-refractivity contribution in [3.05, 3.63) is 24.3 Å². The predicted octanol–water partition coefficient (Wildman–Crippen LogP) is 11.2. The minimum absolute atomic E-state index is 0.0280. The molecule has 0 aromatic rings. The van der Waals surface area contributed by atoms with Crippen LogP contribution in [0.2, 0.25) is 0 Å². The number of esters is 3. The van der Waals surface area contributed by atoms with E-state index in [0.29, 0.717) is 31.6 Å². The number of carbonyl (C=O) groups excluding carboxylic acids is 3. The van der Waals surface area contributed by atoms with E-state index in [-0.39, 0.29) is 19.3 Å². The first-order valence-electron chi connectivity index (χ1n) is 39.0. The van der Waals surface area contributed by atoms with E-state index in [1.165, 1.54) is 116 Å². The van der Waals surface area contributed by atoms with Crippen molar-refractivity contribution >= 4 is 25.7 Å². The Bertz CT molecular complexity index is 2180. The zero-order valence-corrected chi connectivity index (χ0v) is 62.3. The molecule has 0 aromatic heterocycles. The molecule has 25 heteroatoms. The lowest BCUT2D eigenvalue weighted by atomic mass is 9.84. The average molecular weight is 1450 g/mol. The number of phosphoric acid groups is 1. The molecule has 0 bridgehead atoms. The van der Waals surface area contributed by atoms with Gasteiger partial charge in [-0.1, -0.05) is 232 Å². The van der Waals surface area contributed by atoms with Crippen molar-refractivity contribution in [2.75, 3.05) is 26.4 Å². The molecule has 3 rings (SSSR count). The van der Waals surface area contributed by atoms with Crippen LogP contribution in [0.5, 0.6) is 0 Å². The fourth-order valence-corrected chi connectivity index (χ4v) is 13.8. The lowest BCUT2D eigenvalue weighted by molar-refractivity contribution is -0.360. The second-order valence-electron chi connectivity index (χ2n) is 28.3. The number of hydrogen-bond donors (Lipinski definition) is 11. The molecule has 0 amide bonds. The fraction of sp³-hybridized carbons (Fsp3) is 0.907. The van der Waals surface area contributed by atoms with Gasteiger partial charge in [-0.15, -0.1) is 0 Å². The summed E-state index contributed by atoms with van der Waals surface area (Å²) in [4.78, 5) is 51.1. The van der Waals surface area contributed by atoms with Crippen LogP contribution in [0, 0.1) is 5.92 Å². The SMILES string of the molecule is CCCCCC/C=C\CCCCCCCCCC(=O)OCC(COP(=O)(O)OC1C(OC2OC(CO)C(O)C(O)C2O)C(O)C(O)C(O)C1OC1OC(COC(=O)CCCCCCCCC(C)CCCCCCCC)C(O)C(O)C1O)OC(=O)CCCCC/C=C\CCCCCCCCC. The summed E-state index contributed by atoms with van der Waals surface area (Å²) in [6.45, 7) is 5.74. The summed E-state index contributed by atoms with van der Waals surface area (Å²) >= 11 is 0. The second-order valence-corrected chi connectivity index (χ2v) is 29.7. The molecule has 2 saturated heterocycles. The highest BCUT2D eigenvalue weighted by atomic mass is 31.2. The van der Waals surface area contributed by atoms with E-state index in [1.807, 2.05) is 0 Å². The number of unbranched alkanes of at least 4 members (excludes halogenated alkanes) is 31. The van der Waals surface area contributed by atoms with Crippen molar-refractivity contribution < 1.29 is 117 Å². The number of allylic oxidation sites excluding steroid dienone is 4. The van der Waals surface area contributed by atoms with Crippen molar-refractivity contribution in [2.24, 2.45) is 5.92 Å². The zero-order valence-electron chi connectivity index (χ0n) is 61.4. The van der Waals surface area contributed by atoms with Crippen LogP contribution in [0.4, 0.5) is 0 Å². The van der Waals surface area contributed by atoms with Crippen molar-refractivity contribution in [1.29, 1.82) is 0 Å². The molecule has 11 N–H and O–H groups in total. The molecule has 19 atom stereocenters. The number of hydrogen-bond acceptors (Lipinski definition) is 23. The smallest absolute Gasteiger partial charge is 0.463 e. The van der Waals surface area contributed by atoms with E-state index >= 15 is 0 Å². The molecule has 0 radical (unpaired) electrons. The standard InChI is InChI=1S/C75H137O24P/c1-5-8-11-14-17-19-21-23-25-27-28-30-32-38-43-48-59(77)91-52-56(94-61(79)50-45-40-33-31-29-26-24-22-20-18-15-12-9-6-2)53-93-100(89,90)99-73-71(97-74-69(87)64(82)62(80)57(51-76)95-74)67(85)66(84)68(86)72(73)98-75-70(88)65(83)63(81)58(96-75)54-92-60(78)49-44-39-35-34-37-42-47-55(4)46-41-36-16-13-10-7-3/h19,21,26,29,55-58,62-76,80-88H,5-18,20,22-25,27-28,30-54H2,1-4H3,(H,89,90)/b21-19-,29-26-. The van der Waals surface area contributed by atoms with Crippen molar-refractivity contribution in [3.8, 4) is 0 Å². The van der Waals surface area contributed by atoms with Crippen molar-refractivity contribution in [3.63, 3.8) is 0 Å². The van der Waals surface area contributed by atoms with Gasteiger partial charge in [-0.3, -0.25) is 23.4 Å². The summed E-state index contributed by atoms with van der Waals surface area (Å²) in [7, 11) is -5.70. The lowest BCUT2D eigenvalue weighted by Gasteiger charge is -2.49. The minimum Gasteiger partial charge on any atom is -0.463 e. The summed E-state index contributed by atoms with van der Waals surface area (Å²) in [6.07, 6.45) is 15.2. The van der Waals surface area contributed by atoms with Crippen LogP contribution in [0.15, 0.2) is 24.3 Å². The van der Waals surface area contributed by atoms with Gasteiger partial charge in [0.1, 0.15) is 98.7 Å². The Kier molecular flexibility index (Phi) is 51.2.